The third-order valence-electron chi connectivity index (χ3n) is 2.85. The van der Waals surface area contributed by atoms with Crippen LogP contribution in [0.1, 0.15) is 45.3 Å². The van der Waals surface area contributed by atoms with Crippen LogP contribution in [0.2, 0.25) is 0 Å². The molecule has 0 atom stereocenters. The maximum atomic E-state index is 11.0. The van der Waals surface area contributed by atoms with Gasteiger partial charge < -0.3 is 9.15 Å². The maximum Gasteiger partial charge on any atom is 0.305 e. The van der Waals surface area contributed by atoms with Crippen LogP contribution in [-0.2, 0) is 21.5 Å². The van der Waals surface area contributed by atoms with Crippen molar-refractivity contribution in [1.29, 1.82) is 0 Å². The predicted octanol–water partition coefficient (Wildman–Crippen LogP) is 2.36. The van der Waals surface area contributed by atoms with Crippen molar-refractivity contribution in [2.75, 3.05) is 20.7 Å². The van der Waals surface area contributed by atoms with Crippen molar-refractivity contribution in [2.24, 2.45) is 0 Å². The molecule has 1 aromatic rings. The second kappa shape index (κ2) is 6.70. The molecule has 5 nitrogen and oxygen atoms in total. The lowest BCUT2D eigenvalue weighted by Gasteiger charge is -2.15. The highest BCUT2D eigenvalue weighted by Crippen LogP contribution is 2.22. The molecule has 0 aliphatic heterocycles. The molecule has 108 valence electrons. The Kier molecular flexibility index (Phi) is 5.54. The SMILES string of the molecule is COC(=O)CCCN(C)Cc1ncc(C(C)(C)C)o1. The van der Waals surface area contributed by atoms with Crippen LogP contribution in [0, 0.1) is 0 Å². The fraction of sp³-hybridized carbons (Fsp3) is 0.714. The highest BCUT2D eigenvalue weighted by molar-refractivity contribution is 5.69. The van der Waals surface area contributed by atoms with E-state index in [1.807, 2.05) is 7.05 Å². The summed E-state index contributed by atoms with van der Waals surface area (Å²) in [5.74, 6) is 1.44. The van der Waals surface area contributed by atoms with E-state index >= 15 is 0 Å². The molecule has 5 heteroatoms. The van der Waals surface area contributed by atoms with E-state index < -0.39 is 0 Å². The number of rotatable bonds is 6. The summed E-state index contributed by atoms with van der Waals surface area (Å²) in [7, 11) is 3.39. The van der Waals surface area contributed by atoms with Gasteiger partial charge in [-0.2, -0.15) is 0 Å². The molecular formula is C14H24N2O3. The Bertz CT molecular complexity index is 407. The first-order chi connectivity index (χ1) is 8.82. The molecule has 0 bridgehead atoms. The lowest BCUT2D eigenvalue weighted by atomic mass is 9.94. The van der Waals surface area contributed by atoms with Crippen LogP contribution < -0.4 is 0 Å². The predicted molar refractivity (Wildman–Crippen MR) is 72.8 cm³/mol. The van der Waals surface area contributed by atoms with Crippen molar-refractivity contribution in [1.82, 2.24) is 9.88 Å². The van der Waals surface area contributed by atoms with Crippen LogP contribution in [0.25, 0.3) is 0 Å². The van der Waals surface area contributed by atoms with Crippen molar-refractivity contribution in [3.63, 3.8) is 0 Å². The van der Waals surface area contributed by atoms with Gasteiger partial charge >= 0.3 is 5.97 Å². The second-order valence-corrected chi connectivity index (χ2v) is 5.79. The molecule has 0 radical (unpaired) electrons. The Morgan fingerprint density at radius 1 is 1.47 bits per heavy atom. The van der Waals surface area contributed by atoms with Gasteiger partial charge in [-0.15, -0.1) is 0 Å². The van der Waals surface area contributed by atoms with Gasteiger partial charge in [-0.05, 0) is 20.0 Å². The Labute approximate surface area is 114 Å². The van der Waals surface area contributed by atoms with Crippen LogP contribution in [-0.4, -0.2) is 36.6 Å². The molecule has 1 aromatic heterocycles. The van der Waals surface area contributed by atoms with Crippen molar-refractivity contribution in [3.05, 3.63) is 17.8 Å². The Hall–Kier alpha value is -1.36. The monoisotopic (exact) mass is 268 g/mol. The fourth-order valence-electron chi connectivity index (χ4n) is 1.64. The molecule has 0 saturated carbocycles. The minimum absolute atomic E-state index is 0.0191. The molecule has 0 fully saturated rings. The first-order valence-electron chi connectivity index (χ1n) is 6.53. The molecule has 0 spiro atoms. The van der Waals surface area contributed by atoms with Crippen LogP contribution in [0.5, 0.6) is 0 Å². The molecule has 0 amide bonds. The van der Waals surface area contributed by atoms with Crippen LogP contribution in [0.3, 0.4) is 0 Å². The van der Waals surface area contributed by atoms with E-state index in [9.17, 15) is 4.79 Å². The number of oxazole rings is 1. The van der Waals surface area contributed by atoms with E-state index in [2.05, 4.69) is 35.4 Å². The maximum absolute atomic E-state index is 11.0. The van der Waals surface area contributed by atoms with Crippen LogP contribution in [0.4, 0.5) is 0 Å². The zero-order chi connectivity index (χ0) is 14.5. The average molecular weight is 268 g/mol. The van der Waals surface area contributed by atoms with Crippen molar-refractivity contribution in [3.8, 4) is 0 Å². The third kappa shape index (κ3) is 5.42. The summed E-state index contributed by atoms with van der Waals surface area (Å²) in [6.07, 6.45) is 3.01. The van der Waals surface area contributed by atoms with Crippen molar-refractivity contribution < 1.29 is 13.9 Å². The molecule has 0 unspecified atom stereocenters. The number of esters is 1. The number of aromatic nitrogens is 1. The Balaban J connectivity index is 2.38. The van der Waals surface area contributed by atoms with E-state index in [1.165, 1.54) is 7.11 Å². The molecular weight excluding hydrogens is 244 g/mol. The number of ether oxygens (including phenoxy) is 1. The summed E-state index contributed by atoms with van der Waals surface area (Å²) in [6.45, 7) is 7.74. The van der Waals surface area contributed by atoms with Gasteiger partial charge in [0.2, 0.25) is 5.89 Å². The summed E-state index contributed by atoms with van der Waals surface area (Å²) in [6, 6.07) is 0. The normalized spacial score (nSPS) is 11.9. The van der Waals surface area contributed by atoms with Gasteiger partial charge in [-0.3, -0.25) is 9.69 Å². The molecule has 0 aliphatic carbocycles. The number of nitrogens with zero attached hydrogens (tertiary/aromatic N) is 2. The van der Waals surface area contributed by atoms with Crippen molar-refractivity contribution >= 4 is 5.97 Å². The van der Waals surface area contributed by atoms with Gasteiger partial charge in [-0.1, -0.05) is 20.8 Å². The molecule has 0 N–H and O–H groups in total. The zero-order valence-electron chi connectivity index (χ0n) is 12.5. The summed E-state index contributed by atoms with van der Waals surface area (Å²) < 4.78 is 10.3. The number of hydrogen-bond acceptors (Lipinski definition) is 5. The summed E-state index contributed by atoms with van der Waals surface area (Å²) in [5, 5.41) is 0. The summed E-state index contributed by atoms with van der Waals surface area (Å²) in [5.41, 5.74) is -0.0191. The Morgan fingerprint density at radius 3 is 2.68 bits per heavy atom. The molecule has 1 heterocycles. The molecule has 1 rings (SSSR count). The fourth-order valence-corrected chi connectivity index (χ4v) is 1.64. The van der Waals surface area contributed by atoms with E-state index in [4.69, 9.17) is 4.42 Å². The lowest BCUT2D eigenvalue weighted by molar-refractivity contribution is -0.140. The van der Waals surface area contributed by atoms with Gasteiger partial charge in [0, 0.05) is 11.8 Å². The van der Waals surface area contributed by atoms with Gasteiger partial charge in [0.05, 0.1) is 19.9 Å². The molecule has 19 heavy (non-hydrogen) atoms. The van der Waals surface area contributed by atoms with E-state index in [1.54, 1.807) is 6.20 Å². The smallest absolute Gasteiger partial charge is 0.305 e. The number of carbonyl (C=O) groups excluding carboxylic acids is 1. The second-order valence-electron chi connectivity index (χ2n) is 5.79. The number of carbonyl (C=O) groups is 1. The molecule has 0 aliphatic rings. The van der Waals surface area contributed by atoms with Crippen LogP contribution >= 0.6 is 0 Å². The molecule has 0 saturated heterocycles. The quantitative estimate of drug-likeness (QED) is 0.741. The molecule has 0 aromatic carbocycles. The minimum atomic E-state index is -0.167. The van der Waals surface area contributed by atoms with Gasteiger partial charge in [0.1, 0.15) is 5.76 Å². The highest BCUT2D eigenvalue weighted by Gasteiger charge is 2.19. The van der Waals surface area contributed by atoms with Crippen LogP contribution in [0.15, 0.2) is 10.6 Å². The first kappa shape index (κ1) is 15.7. The van der Waals surface area contributed by atoms with Gasteiger partial charge in [0.25, 0.3) is 0 Å². The number of hydrogen-bond donors (Lipinski definition) is 0. The topological polar surface area (TPSA) is 55.6 Å². The first-order valence-corrected chi connectivity index (χ1v) is 6.53. The summed E-state index contributed by atoms with van der Waals surface area (Å²) in [4.78, 5) is 17.4. The average Bonchev–Trinajstić information content (AvgIpc) is 2.77. The van der Waals surface area contributed by atoms with E-state index in [0.29, 0.717) is 18.9 Å². The van der Waals surface area contributed by atoms with Gasteiger partial charge in [-0.25, -0.2) is 4.98 Å². The third-order valence-corrected chi connectivity index (χ3v) is 2.85. The Morgan fingerprint density at radius 2 is 2.16 bits per heavy atom. The number of methoxy groups -OCH3 is 1. The lowest BCUT2D eigenvalue weighted by Crippen LogP contribution is -2.20. The largest absolute Gasteiger partial charge is 0.469 e. The minimum Gasteiger partial charge on any atom is -0.469 e. The van der Waals surface area contributed by atoms with E-state index in [0.717, 1.165) is 18.7 Å². The zero-order valence-corrected chi connectivity index (χ0v) is 12.5. The highest BCUT2D eigenvalue weighted by atomic mass is 16.5. The standard InChI is InChI=1S/C14H24N2O3/c1-14(2,3)11-9-15-12(19-11)10-16(4)8-6-7-13(17)18-5/h9H,6-8,10H2,1-5H3. The van der Waals surface area contributed by atoms with E-state index in [-0.39, 0.29) is 11.4 Å². The van der Waals surface area contributed by atoms with Gasteiger partial charge in [0.15, 0.2) is 0 Å². The summed E-state index contributed by atoms with van der Waals surface area (Å²) >= 11 is 0. The van der Waals surface area contributed by atoms with Crippen molar-refractivity contribution in [2.45, 2.75) is 45.6 Å².